The number of carbonyl (C=O) groups is 1. The normalized spacial score (nSPS) is 11.3. The number of halogens is 5. The minimum Gasteiger partial charge on any atom is -0.319 e. The van der Waals surface area contributed by atoms with E-state index in [9.17, 15) is 22.4 Å². The van der Waals surface area contributed by atoms with Gasteiger partial charge in [-0.1, -0.05) is 0 Å². The number of alkyl halides is 3. The molecular weight excluding hydrogens is 358 g/mol. The van der Waals surface area contributed by atoms with Gasteiger partial charge in [-0.05, 0) is 28.1 Å². The summed E-state index contributed by atoms with van der Waals surface area (Å²) in [6.07, 6.45) is -1.24. The Labute approximate surface area is 124 Å². The summed E-state index contributed by atoms with van der Waals surface area (Å²) in [6.45, 7) is 0. The monoisotopic (exact) mass is 363 g/mol. The first-order chi connectivity index (χ1) is 9.80. The van der Waals surface area contributed by atoms with Crippen molar-refractivity contribution < 1.29 is 22.4 Å². The van der Waals surface area contributed by atoms with E-state index in [4.69, 9.17) is 0 Å². The first kappa shape index (κ1) is 15.4. The number of hydrogen-bond donors (Lipinski definition) is 1. The molecule has 2 rings (SSSR count). The van der Waals surface area contributed by atoms with E-state index in [0.29, 0.717) is 6.07 Å². The number of nitrogens with zero attached hydrogens (tertiary/aromatic N) is 2. The SMILES string of the molecule is O=C(Nc1cncnc1)c1c(Br)ccc(C(F)(F)F)c1F. The van der Waals surface area contributed by atoms with Crippen molar-refractivity contribution in [2.75, 3.05) is 5.32 Å². The van der Waals surface area contributed by atoms with Crippen molar-refractivity contribution in [2.24, 2.45) is 0 Å². The van der Waals surface area contributed by atoms with E-state index < -0.39 is 29.0 Å². The molecule has 1 N–H and O–H groups in total. The summed E-state index contributed by atoms with van der Waals surface area (Å²) >= 11 is 2.86. The number of benzene rings is 1. The predicted molar refractivity (Wildman–Crippen MR) is 69.1 cm³/mol. The molecule has 9 heteroatoms. The summed E-state index contributed by atoms with van der Waals surface area (Å²) in [5.74, 6) is -2.69. The van der Waals surface area contributed by atoms with Crippen LogP contribution in [0, 0.1) is 5.82 Å². The van der Waals surface area contributed by atoms with E-state index in [0.717, 1.165) is 6.07 Å². The number of amides is 1. The Morgan fingerprint density at radius 2 is 1.81 bits per heavy atom. The summed E-state index contributed by atoms with van der Waals surface area (Å²) in [5.41, 5.74) is -2.12. The van der Waals surface area contributed by atoms with Gasteiger partial charge < -0.3 is 5.32 Å². The van der Waals surface area contributed by atoms with Gasteiger partial charge in [-0.2, -0.15) is 13.2 Å². The molecule has 110 valence electrons. The van der Waals surface area contributed by atoms with Crippen LogP contribution in [-0.2, 0) is 6.18 Å². The van der Waals surface area contributed by atoms with Crippen LogP contribution in [0.3, 0.4) is 0 Å². The molecule has 1 aromatic carbocycles. The van der Waals surface area contributed by atoms with Gasteiger partial charge in [0, 0.05) is 4.47 Å². The molecule has 21 heavy (non-hydrogen) atoms. The van der Waals surface area contributed by atoms with Gasteiger partial charge in [0.1, 0.15) is 12.1 Å². The van der Waals surface area contributed by atoms with Crippen molar-refractivity contribution in [1.29, 1.82) is 0 Å². The fourth-order valence-electron chi connectivity index (χ4n) is 1.54. The van der Waals surface area contributed by atoms with Gasteiger partial charge in [-0.15, -0.1) is 0 Å². The van der Waals surface area contributed by atoms with E-state index in [1.165, 1.54) is 18.7 Å². The highest BCUT2D eigenvalue weighted by molar-refractivity contribution is 9.10. The standard InChI is InChI=1S/C12H6BrF4N3O/c13-8-2-1-7(12(15,16)17)10(14)9(8)11(21)20-6-3-18-5-19-4-6/h1-5H,(H,20,21). The van der Waals surface area contributed by atoms with Gasteiger partial charge in [-0.25, -0.2) is 14.4 Å². The molecule has 0 saturated heterocycles. The predicted octanol–water partition coefficient (Wildman–Crippen LogP) is 3.65. The molecule has 0 aliphatic carbocycles. The lowest BCUT2D eigenvalue weighted by molar-refractivity contribution is -0.140. The van der Waals surface area contributed by atoms with E-state index in [-0.39, 0.29) is 10.2 Å². The first-order valence-electron chi connectivity index (χ1n) is 5.42. The molecular formula is C12H6BrF4N3O. The maximum atomic E-state index is 13.9. The number of aromatic nitrogens is 2. The van der Waals surface area contributed by atoms with Crippen LogP contribution in [0.1, 0.15) is 15.9 Å². The number of nitrogens with one attached hydrogen (secondary N) is 1. The van der Waals surface area contributed by atoms with Gasteiger partial charge in [0.2, 0.25) is 0 Å². The maximum absolute atomic E-state index is 13.9. The molecule has 1 aromatic heterocycles. The summed E-state index contributed by atoms with van der Waals surface area (Å²) < 4.78 is 51.8. The van der Waals surface area contributed by atoms with Crippen LogP contribution in [0.2, 0.25) is 0 Å². The third-order valence-corrected chi connectivity index (χ3v) is 3.10. The van der Waals surface area contributed by atoms with Gasteiger partial charge in [0.05, 0.1) is 29.2 Å². The van der Waals surface area contributed by atoms with Crippen molar-refractivity contribution in [3.8, 4) is 0 Å². The van der Waals surface area contributed by atoms with Gasteiger partial charge in [0.15, 0.2) is 0 Å². The number of rotatable bonds is 2. The molecule has 1 heterocycles. The molecule has 0 fully saturated rings. The van der Waals surface area contributed by atoms with Crippen LogP contribution < -0.4 is 5.32 Å². The lowest BCUT2D eigenvalue weighted by Gasteiger charge is -2.12. The minimum atomic E-state index is -4.89. The third-order valence-electron chi connectivity index (χ3n) is 2.44. The van der Waals surface area contributed by atoms with Crippen molar-refractivity contribution >= 4 is 27.5 Å². The quantitative estimate of drug-likeness (QED) is 0.828. The molecule has 0 saturated carbocycles. The van der Waals surface area contributed by atoms with Crippen LogP contribution in [-0.4, -0.2) is 15.9 Å². The van der Waals surface area contributed by atoms with E-state index in [1.54, 1.807) is 0 Å². The molecule has 0 radical (unpaired) electrons. The zero-order chi connectivity index (χ0) is 15.6. The highest BCUT2D eigenvalue weighted by Gasteiger charge is 2.36. The first-order valence-corrected chi connectivity index (χ1v) is 6.21. The van der Waals surface area contributed by atoms with Crippen molar-refractivity contribution in [3.05, 3.63) is 52.3 Å². The van der Waals surface area contributed by atoms with Crippen LogP contribution in [0.4, 0.5) is 23.2 Å². The summed E-state index contributed by atoms with van der Waals surface area (Å²) in [6, 6.07) is 1.52. The smallest absolute Gasteiger partial charge is 0.319 e. The zero-order valence-electron chi connectivity index (χ0n) is 10.1. The van der Waals surface area contributed by atoms with Crippen molar-refractivity contribution in [3.63, 3.8) is 0 Å². The third kappa shape index (κ3) is 3.35. The van der Waals surface area contributed by atoms with Crippen LogP contribution in [0.25, 0.3) is 0 Å². The molecule has 0 bridgehead atoms. The molecule has 0 unspecified atom stereocenters. The van der Waals surface area contributed by atoms with Crippen molar-refractivity contribution in [1.82, 2.24) is 9.97 Å². The second kappa shape index (κ2) is 5.76. The summed E-state index contributed by atoms with van der Waals surface area (Å²) in [5, 5.41) is 2.22. The lowest BCUT2D eigenvalue weighted by Crippen LogP contribution is -2.18. The molecule has 1 amide bonds. The minimum absolute atomic E-state index is 0.0950. The average molecular weight is 364 g/mol. The maximum Gasteiger partial charge on any atom is 0.419 e. The van der Waals surface area contributed by atoms with E-state index >= 15 is 0 Å². The van der Waals surface area contributed by atoms with Crippen LogP contribution >= 0.6 is 15.9 Å². The molecule has 0 aliphatic rings. The second-order valence-electron chi connectivity index (χ2n) is 3.86. The molecule has 0 atom stereocenters. The van der Waals surface area contributed by atoms with Gasteiger partial charge in [-0.3, -0.25) is 4.79 Å². The topological polar surface area (TPSA) is 54.9 Å². The van der Waals surface area contributed by atoms with Gasteiger partial charge in [0.25, 0.3) is 5.91 Å². The average Bonchev–Trinajstić information content (AvgIpc) is 2.38. The largest absolute Gasteiger partial charge is 0.419 e. The number of carbonyl (C=O) groups excluding carboxylic acids is 1. The van der Waals surface area contributed by atoms with Crippen molar-refractivity contribution in [2.45, 2.75) is 6.18 Å². The molecule has 0 aliphatic heterocycles. The molecule has 2 aromatic rings. The molecule has 4 nitrogen and oxygen atoms in total. The highest BCUT2D eigenvalue weighted by atomic mass is 79.9. The zero-order valence-corrected chi connectivity index (χ0v) is 11.7. The Morgan fingerprint density at radius 3 is 2.38 bits per heavy atom. The Morgan fingerprint density at radius 1 is 1.19 bits per heavy atom. The van der Waals surface area contributed by atoms with E-state index in [1.807, 2.05) is 0 Å². The van der Waals surface area contributed by atoms with Crippen LogP contribution in [0.15, 0.2) is 35.3 Å². The van der Waals surface area contributed by atoms with Gasteiger partial charge >= 0.3 is 6.18 Å². The van der Waals surface area contributed by atoms with Crippen LogP contribution in [0.5, 0.6) is 0 Å². The Bertz CT molecular complexity index is 676. The summed E-state index contributed by atoms with van der Waals surface area (Å²) in [4.78, 5) is 19.2. The fraction of sp³-hybridized carbons (Fsp3) is 0.0833. The van der Waals surface area contributed by atoms with E-state index in [2.05, 4.69) is 31.2 Å². The highest BCUT2D eigenvalue weighted by Crippen LogP contribution is 2.35. The Hall–Kier alpha value is -2.03. The summed E-state index contributed by atoms with van der Waals surface area (Å²) in [7, 11) is 0. The lowest BCUT2D eigenvalue weighted by atomic mass is 10.1. The number of anilines is 1. The Balaban J connectivity index is 2.41. The second-order valence-corrected chi connectivity index (χ2v) is 4.72. The Kier molecular flexibility index (Phi) is 4.21. The number of hydrogen-bond acceptors (Lipinski definition) is 3. The fourth-order valence-corrected chi connectivity index (χ4v) is 2.02. The molecule has 0 spiro atoms.